The van der Waals surface area contributed by atoms with Crippen LogP contribution in [0.25, 0.3) is 11.3 Å². The molecule has 1 N–H and O–H groups in total. The van der Waals surface area contributed by atoms with Gasteiger partial charge in [-0.3, -0.25) is 0 Å². The van der Waals surface area contributed by atoms with E-state index in [4.69, 9.17) is 21.1 Å². The molecule has 20 heavy (non-hydrogen) atoms. The smallest absolute Gasteiger partial charge is 0.216 e. The van der Waals surface area contributed by atoms with E-state index < -0.39 is 0 Å². The molecule has 3 aromatic rings. The van der Waals surface area contributed by atoms with E-state index in [1.54, 1.807) is 29.2 Å². The van der Waals surface area contributed by atoms with Crippen molar-refractivity contribution in [1.82, 2.24) is 20.0 Å². The van der Waals surface area contributed by atoms with Crippen molar-refractivity contribution in [3.63, 3.8) is 0 Å². The summed E-state index contributed by atoms with van der Waals surface area (Å²) in [7, 11) is 0. The Balaban J connectivity index is 1.78. The number of rotatable bonds is 4. The summed E-state index contributed by atoms with van der Waals surface area (Å²) in [5, 5.41) is 17.2. The summed E-state index contributed by atoms with van der Waals surface area (Å²) in [5.41, 5.74) is 1.41. The Labute approximate surface area is 119 Å². The molecular formula is C13H11ClN4O2. The third kappa shape index (κ3) is 2.71. The molecule has 0 fully saturated rings. The number of hydrogen-bond acceptors (Lipinski definition) is 5. The first-order valence-electron chi connectivity index (χ1n) is 5.95. The Bertz CT molecular complexity index is 705. The second kappa shape index (κ2) is 5.44. The lowest BCUT2D eigenvalue weighted by Gasteiger charge is -1.97. The molecule has 2 aromatic heterocycles. The van der Waals surface area contributed by atoms with E-state index in [0.717, 1.165) is 5.56 Å². The summed E-state index contributed by atoms with van der Waals surface area (Å²) in [6.07, 6.45) is 3.30. The molecular weight excluding hydrogens is 280 g/mol. The highest BCUT2D eigenvalue weighted by Gasteiger charge is 2.08. The Hall–Kier alpha value is -2.18. The molecule has 0 aliphatic rings. The van der Waals surface area contributed by atoms with Gasteiger partial charge in [0.05, 0.1) is 19.0 Å². The summed E-state index contributed by atoms with van der Waals surface area (Å²) in [6, 6.07) is 7.33. The van der Waals surface area contributed by atoms with Crippen LogP contribution >= 0.6 is 11.6 Å². The monoisotopic (exact) mass is 290 g/mol. The lowest BCUT2D eigenvalue weighted by atomic mass is 10.2. The van der Waals surface area contributed by atoms with Crippen molar-refractivity contribution in [2.24, 2.45) is 0 Å². The van der Waals surface area contributed by atoms with E-state index >= 15 is 0 Å². The van der Waals surface area contributed by atoms with Crippen molar-refractivity contribution in [1.29, 1.82) is 0 Å². The Morgan fingerprint density at radius 2 is 2.05 bits per heavy atom. The SMILES string of the molecule is OCc1cn(Cc2ncc(-c3ccc(Cl)cc3)o2)nn1. The van der Waals surface area contributed by atoms with Crippen molar-refractivity contribution in [3.8, 4) is 11.3 Å². The minimum atomic E-state index is -0.137. The molecule has 0 aliphatic carbocycles. The third-order valence-corrected chi connectivity index (χ3v) is 2.98. The molecule has 102 valence electrons. The fraction of sp³-hybridized carbons (Fsp3) is 0.154. The molecule has 0 saturated carbocycles. The first kappa shape index (κ1) is 12.8. The lowest BCUT2D eigenvalue weighted by molar-refractivity contribution is 0.276. The minimum absolute atomic E-state index is 0.137. The molecule has 0 amide bonds. The van der Waals surface area contributed by atoms with Gasteiger partial charge in [-0.25, -0.2) is 9.67 Å². The number of nitrogens with zero attached hydrogens (tertiary/aromatic N) is 4. The number of halogens is 1. The van der Waals surface area contributed by atoms with Crippen molar-refractivity contribution in [2.45, 2.75) is 13.2 Å². The predicted octanol–water partition coefficient (Wildman–Crippen LogP) is 2.13. The Kier molecular flexibility index (Phi) is 3.49. The number of aromatic nitrogens is 4. The van der Waals surface area contributed by atoms with Gasteiger partial charge in [-0.2, -0.15) is 0 Å². The quantitative estimate of drug-likeness (QED) is 0.796. The summed E-state index contributed by atoms with van der Waals surface area (Å²) in [6.45, 7) is 0.224. The normalized spacial score (nSPS) is 10.9. The fourth-order valence-corrected chi connectivity index (χ4v) is 1.88. The van der Waals surface area contributed by atoms with Crippen LogP contribution in [0.3, 0.4) is 0 Å². The summed E-state index contributed by atoms with van der Waals surface area (Å²) in [4.78, 5) is 4.19. The molecule has 0 atom stereocenters. The molecule has 7 heteroatoms. The van der Waals surface area contributed by atoms with Gasteiger partial charge in [0.15, 0.2) is 5.76 Å². The predicted molar refractivity (Wildman–Crippen MR) is 72.0 cm³/mol. The van der Waals surface area contributed by atoms with E-state index in [1.165, 1.54) is 0 Å². The van der Waals surface area contributed by atoms with E-state index in [9.17, 15) is 0 Å². The van der Waals surface area contributed by atoms with Gasteiger partial charge >= 0.3 is 0 Å². The highest BCUT2D eigenvalue weighted by Crippen LogP contribution is 2.22. The molecule has 0 saturated heterocycles. The zero-order valence-electron chi connectivity index (χ0n) is 10.4. The minimum Gasteiger partial charge on any atom is -0.439 e. The van der Waals surface area contributed by atoms with Crippen LogP contribution in [-0.4, -0.2) is 25.1 Å². The van der Waals surface area contributed by atoms with Gasteiger partial charge in [0.25, 0.3) is 0 Å². The van der Waals surface area contributed by atoms with Gasteiger partial charge in [0.2, 0.25) is 5.89 Å². The van der Waals surface area contributed by atoms with Crippen LogP contribution in [0.5, 0.6) is 0 Å². The average molecular weight is 291 g/mol. The standard InChI is InChI=1S/C13H11ClN4O2/c14-10-3-1-9(2-4-10)12-5-15-13(20-12)7-18-6-11(8-19)16-17-18/h1-6,19H,7-8H2. The molecule has 3 rings (SSSR count). The molecule has 0 radical (unpaired) electrons. The summed E-state index contributed by atoms with van der Waals surface area (Å²) < 4.78 is 7.21. The number of oxazole rings is 1. The first-order chi connectivity index (χ1) is 9.74. The molecule has 0 spiro atoms. The van der Waals surface area contributed by atoms with Gasteiger partial charge < -0.3 is 9.52 Å². The van der Waals surface area contributed by atoms with Crippen molar-refractivity contribution in [2.75, 3.05) is 0 Å². The molecule has 0 bridgehead atoms. The molecule has 6 nitrogen and oxygen atoms in total. The zero-order chi connectivity index (χ0) is 13.9. The van der Waals surface area contributed by atoms with Crippen LogP contribution in [0.15, 0.2) is 41.1 Å². The zero-order valence-corrected chi connectivity index (χ0v) is 11.2. The number of aliphatic hydroxyl groups excluding tert-OH is 1. The maximum absolute atomic E-state index is 8.93. The van der Waals surface area contributed by atoms with Crippen LogP contribution in [0, 0.1) is 0 Å². The average Bonchev–Trinajstić information content (AvgIpc) is 3.09. The maximum atomic E-state index is 8.93. The van der Waals surface area contributed by atoms with Gasteiger partial charge in [-0.05, 0) is 24.3 Å². The molecule has 0 unspecified atom stereocenters. The van der Waals surface area contributed by atoms with E-state index in [0.29, 0.717) is 28.9 Å². The van der Waals surface area contributed by atoms with Crippen molar-refractivity contribution >= 4 is 11.6 Å². The second-order valence-electron chi connectivity index (χ2n) is 4.19. The number of hydrogen-bond donors (Lipinski definition) is 1. The van der Waals surface area contributed by atoms with Crippen LogP contribution < -0.4 is 0 Å². The van der Waals surface area contributed by atoms with Gasteiger partial charge in [-0.1, -0.05) is 16.8 Å². The van der Waals surface area contributed by atoms with Gasteiger partial charge in [-0.15, -0.1) is 5.10 Å². The van der Waals surface area contributed by atoms with Crippen LogP contribution in [0.2, 0.25) is 5.02 Å². The van der Waals surface area contributed by atoms with Crippen LogP contribution in [0.1, 0.15) is 11.6 Å². The molecule has 1 aromatic carbocycles. The van der Waals surface area contributed by atoms with Gasteiger partial charge in [0, 0.05) is 10.6 Å². The number of aliphatic hydroxyl groups is 1. The van der Waals surface area contributed by atoms with E-state index in [-0.39, 0.29) is 6.61 Å². The summed E-state index contributed by atoms with van der Waals surface area (Å²) >= 11 is 5.84. The highest BCUT2D eigenvalue weighted by atomic mass is 35.5. The largest absolute Gasteiger partial charge is 0.439 e. The van der Waals surface area contributed by atoms with Gasteiger partial charge in [0.1, 0.15) is 12.2 Å². The third-order valence-electron chi connectivity index (χ3n) is 2.73. The van der Waals surface area contributed by atoms with E-state index in [2.05, 4.69) is 15.3 Å². The fourth-order valence-electron chi connectivity index (χ4n) is 1.76. The van der Waals surface area contributed by atoms with Crippen LogP contribution in [0.4, 0.5) is 0 Å². The summed E-state index contributed by atoms with van der Waals surface area (Å²) in [5.74, 6) is 1.18. The lowest BCUT2D eigenvalue weighted by Crippen LogP contribution is -2.00. The second-order valence-corrected chi connectivity index (χ2v) is 4.63. The van der Waals surface area contributed by atoms with Crippen molar-refractivity contribution < 1.29 is 9.52 Å². The van der Waals surface area contributed by atoms with E-state index in [1.807, 2.05) is 12.1 Å². The molecule has 0 aliphatic heterocycles. The Morgan fingerprint density at radius 1 is 1.25 bits per heavy atom. The first-order valence-corrected chi connectivity index (χ1v) is 6.33. The Morgan fingerprint density at radius 3 is 2.75 bits per heavy atom. The molecule has 2 heterocycles. The number of benzene rings is 1. The topological polar surface area (TPSA) is 77.0 Å². The maximum Gasteiger partial charge on any atom is 0.216 e. The van der Waals surface area contributed by atoms with Crippen molar-refractivity contribution in [3.05, 3.63) is 53.3 Å². The van der Waals surface area contributed by atoms with Crippen LogP contribution in [-0.2, 0) is 13.2 Å². The highest BCUT2D eigenvalue weighted by molar-refractivity contribution is 6.30.